The summed E-state index contributed by atoms with van der Waals surface area (Å²) in [7, 11) is 0. The van der Waals surface area contributed by atoms with Gasteiger partial charge in [-0.05, 0) is 19.3 Å². The van der Waals surface area contributed by atoms with E-state index in [1.807, 2.05) is 0 Å². The summed E-state index contributed by atoms with van der Waals surface area (Å²) in [5, 5.41) is 9.66. The molecular weight excluding hydrogens is 258 g/mol. The number of nitrogens with zero attached hydrogens (tertiary/aromatic N) is 3. The first-order chi connectivity index (χ1) is 9.60. The molecule has 0 aliphatic carbocycles. The van der Waals surface area contributed by atoms with Gasteiger partial charge >= 0.3 is 0 Å². The Bertz CT molecular complexity index is 477. The van der Waals surface area contributed by atoms with E-state index in [0.29, 0.717) is 13.1 Å². The van der Waals surface area contributed by atoms with Gasteiger partial charge in [-0.1, -0.05) is 6.92 Å². The van der Waals surface area contributed by atoms with Crippen LogP contribution in [0.2, 0.25) is 0 Å². The molecule has 0 bridgehead atoms. The van der Waals surface area contributed by atoms with Gasteiger partial charge in [0.05, 0.1) is 0 Å². The second-order valence-electron chi connectivity index (χ2n) is 5.12. The Labute approximate surface area is 118 Å². The highest BCUT2D eigenvalue weighted by atomic mass is 16.2. The fraction of sp³-hybridized carbons (Fsp3) is 0.692. The Morgan fingerprint density at radius 2 is 2.10 bits per heavy atom. The molecule has 7 nitrogen and oxygen atoms in total. The Kier molecular flexibility index (Phi) is 4.70. The van der Waals surface area contributed by atoms with Crippen LogP contribution in [0, 0.1) is 0 Å². The lowest BCUT2D eigenvalue weighted by Gasteiger charge is -2.31. The quantitative estimate of drug-likeness (QED) is 0.839. The van der Waals surface area contributed by atoms with Crippen LogP contribution in [0.5, 0.6) is 0 Å². The van der Waals surface area contributed by atoms with Crippen molar-refractivity contribution in [3.8, 4) is 0 Å². The van der Waals surface area contributed by atoms with Crippen LogP contribution in [0.25, 0.3) is 0 Å². The van der Waals surface area contributed by atoms with Gasteiger partial charge in [0.1, 0.15) is 5.82 Å². The van der Waals surface area contributed by atoms with Crippen molar-refractivity contribution in [1.82, 2.24) is 25.4 Å². The molecule has 1 aliphatic heterocycles. The third-order valence-corrected chi connectivity index (χ3v) is 3.40. The van der Waals surface area contributed by atoms with Gasteiger partial charge in [-0.25, -0.2) is 4.98 Å². The van der Waals surface area contributed by atoms with Crippen LogP contribution in [-0.2, 0) is 11.2 Å². The molecule has 0 spiro atoms. The van der Waals surface area contributed by atoms with Gasteiger partial charge in [-0.15, -0.1) is 5.10 Å². The number of aryl methyl sites for hydroxylation is 1. The third-order valence-electron chi connectivity index (χ3n) is 3.40. The van der Waals surface area contributed by atoms with Crippen molar-refractivity contribution in [3.63, 3.8) is 0 Å². The molecule has 1 aromatic heterocycles. The molecule has 7 heteroatoms. The van der Waals surface area contributed by atoms with Crippen LogP contribution in [0.15, 0.2) is 0 Å². The highest BCUT2D eigenvalue weighted by molar-refractivity contribution is 5.90. The molecule has 20 heavy (non-hydrogen) atoms. The highest BCUT2D eigenvalue weighted by Crippen LogP contribution is 2.12. The van der Waals surface area contributed by atoms with Crippen molar-refractivity contribution in [2.24, 2.45) is 0 Å². The van der Waals surface area contributed by atoms with Crippen molar-refractivity contribution in [2.45, 2.75) is 45.6 Å². The van der Waals surface area contributed by atoms with Crippen molar-refractivity contribution < 1.29 is 9.59 Å². The number of aromatic amines is 1. The number of nitrogens with one attached hydrogen (secondary N) is 2. The zero-order valence-corrected chi connectivity index (χ0v) is 12.0. The first-order valence-electron chi connectivity index (χ1n) is 7.07. The minimum atomic E-state index is -0.134. The van der Waals surface area contributed by atoms with Gasteiger partial charge in [-0.2, -0.15) is 0 Å². The Hall–Kier alpha value is -1.92. The summed E-state index contributed by atoms with van der Waals surface area (Å²) < 4.78 is 0. The van der Waals surface area contributed by atoms with Crippen LogP contribution < -0.4 is 5.32 Å². The highest BCUT2D eigenvalue weighted by Gasteiger charge is 2.26. The normalized spacial score (nSPS) is 16.2. The molecule has 1 fully saturated rings. The zero-order chi connectivity index (χ0) is 14.5. The minimum Gasteiger partial charge on any atom is -0.353 e. The molecule has 1 saturated heterocycles. The van der Waals surface area contributed by atoms with Gasteiger partial charge in [0.25, 0.3) is 5.91 Å². The first kappa shape index (κ1) is 14.5. The Morgan fingerprint density at radius 3 is 2.70 bits per heavy atom. The zero-order valence-electron chi connectivity index (χ0n) is 12.0. The van der Waals surface area contributed by atoms with Crippen LogP contribution in [0.4, 0.5) is 0 Å². The fourth-order valence-corrected chi connectivity index (χ4v) is 2.40. The molecule has 2 heterocycles. The number of H-pyrrole nitrogens is 1. The molecule has 2 N–H and O–H groups in total. The van der Waals surface area contributed by atoms with E-state index in [4.69, 9.17) is 0 Å². The molecule has 0 unspecified atom stereocenters. The minimum absolute atomic E-state index is 0.0204. The Morgan fingerprint density at radius 1 is 1.40 bits per heavy atom. The molecule has 2 rings (SSSR count). The molecule has 110 valence electrons. The summed E-state index contributed by atoms with van der Waals surface area (Å²) in [4.78, 5) is 29.2. The smallest absolute Gasteiger partial charge is 0.293 e. The average molecular weight is 279 g/mol. The lowest BCUT2D eigenvalue weighted by atomic mass is 10.0. The van der Waals surface area contributed by atoms with E-state index in [1.165, 1.54) is 6.92 Å². The van der Waals surface area contributed by atoms with E-state index in [0.717, 1.165) is 31.5 Å². The lowest BCUT2D eigenvalue weighted by molar-refractivity contribution is -0.119. The molecule has 0 saturated carbocycles. The number of likely N-dealkylation sites (tertiary alicyclic amines) is 1. The van der Waals surface area contributed by atoms with Crippen molar-refractivity contribution in [2.75, 3.05) is 13.1 Å². The number of piperidine rings is 1. The summed E-state index contributed by atoms with van der Waals surface area (Å²) in [6, 6.07) is 0.166. The first-order valence-corrected chi connectivity index (χ1v) is 7.07. The van der Waals surface area contributed by atoms with E-state index < -0.39 is 0 Å². The summed E-state index contributed by atoms with van der Waals surface area (Å²) in [5.74, 6) is 0.841. The van der Waals surface area contributed by atoms with Crippen LogP contribution in [0.3, 0.4) is 0 Å². The van der Waals surface area contributed by atoms with E-state index in [-0.39, 0.29) is 23.7 Å². The summed E-state index contributed by atoms with van der Waals surface area (Å²) in [6.07, 6.45) is 3.31. The molecule has 2 amide bonds. The summed E-state index contributed by atoms with van der Waals surface area (Å²) in [5.41, 5.74) is 0. The van der Waals surface area contributed by atoms with Crippen LogP contribution >= 0.6 is 0 Å². The fourth-order valence-electron chi connectivity index (χ4n) is 2.40. The van der Waals surface area contributed by atoms with Crippen molar-refractivity contribution >= 4 is 11.8 Å². The molecule has 0 aromatic carbocycles. The maximum atomic E-state index is 12.2. The standard InChI is InChI=1S/C13H21N5O2/c1-3-4-11-15-12(17-16-11)13(20)18-7-5-10(6-8-18)14-9(2)19/h10H,3-8H2,1-2H3,(H,14,19)(H,15,16,17). The number of aromatic nitrogens is 3. The van der Waals surface area contributed by atoms with Gasteiger partial charge < -0.3 is 10.2 Å². The van der Waals surface area contributed by atoms with Gasteiger partial charge in [-0.3, -0.25) is 14.7 Å². The molecule has 1 aromatic rings. The lowest BCUT2D eigenvalue weighted by Crippen LogP contribution is -2.46. The van der Waals surface area contributed by atoms with E-state index in [2.05, 4.69) is 27.4 Å². The van der Waals surface area contributed by atoms with Crippen molar-refractivity contribution in [3.05, 3.63) is 11.6 Å². The van der Waals surface area contributed by atoms with Gasteiger partial charge in [0.15, 0.2) is 0 Å². The number of amides is 2. The molecular formula is C13H21N5O2. The second kappa shape index (κ2) is 6.49. The number of rotatable bonds is 4. The third kappa shape index (κ3) is 3.55. The predicted molar refractivity (Wildman–Crippen MR) is 73.1 cm³/mol. The average Bonchev–Trinajstić information content (AvgIpc) is 2.87. The topological polar surface area (TPSA) is 91.0 Å². The number of hydrogen-bond donors (Lipinski definition) is 2. The molecule has 1 aliphatic rings. The van der Waals surface area contributed by atoms with Gasteiger partial charge in [0, 0.05) is 32.5 Å². The number of hydrogen-bond acceptors (Lipinski definition) is 4. The van der Waals surface area contributed by atoms with Crippen molar-refractivity contribution in [1.29, 1.82) is 0 Å². The van der Waals surface area contributed by atoms with Crippen LogP contribution in [-0.4, -0.2) is 51.0 Å². The number of carbonyl (C=O) groups is 2. The maximum absolute atomic E-state index is 12.2. The SMILES string of the molecule is CCCc1nc(C(=O)N2CCC(NC(C)=O)CC2)n[nH]1. The van der Waals surface area contributed by atoms with E-state index in [9.17, 15) is 9.59 Å². The van der Waals surface area contributed by atoms with Crippen LogP contribution in [0.1, 0.15) is 49.6 Å². The monoisotopic (exact) mass is 279 g/mol. The molecule has 0 radical (unpaired) electrons. The van der Waals surface area contributed by atoms with E-state index >= 15 is 0 Å². The predicted octanol–water partition coefficient (Wildman–Crippen LogP) is 0.498. The van der Waals surface area contributed by atoms with E-state index in [1.54, 1.807) is 4.90 Å². The number of carbonyl (C=O) groups excluding carboxylic acids is 2. The summed E-state index contributed by atoms with van der Waals surface area (Å²) in [6.45, 7) is 4.82. The second-order valence-corrected chi connectivity index (χ2v) is 5.12. The molecule has 0 atom stereocenters. The van der Waals surface area contributed by atoms with Gasteiger partial charge in [0.2, 0.25) is 11.7 Å². The summed E-state index contributed by atoms with van der Waals surface area (Å²) >= 11 is 0. The maximum Gasteiger partial charge on any atom is 0.293 e. The Balaban J connectivity index is 1.89. The largest absolute Gasteiger partial charge is 0.353 e.